The van der Waals surface area contributed by atoms with E-state index in [9.17, 15) is 4.79 Å². The Balaban J connectivity index is 1.51. The Bertz CT molecular complexity index is 1080. The third-order valence-corrected chi connectivity index (χ3v) is 7.96. The Labute approximate surface area is 194 Å². The molecule has 0 amide bonds. The summed E-state index contributed by atoms with van der Waals surface area (Å²) in [5.41, 5.74) is 7.28. The maximum atomic E-state index is 11.7. The van der Waals surface area contributed by atoms with Gasteiger partial charge in [0.1, 0.15) is 24.8 Å². The number of fused-ring (bicyclic) bond motifs is 1. The Morgan fingerprint density at radius 2 is 2.16 bits per heavy atom. The lowest BCUT2D eigenvalue weighted by Crippen LogP contribution is -2.23. The topological polar surface area (TPSA) is 65.7 Å². The summed E-state index contributed by atoms with van der Waals surface area (Å²) >= 11 is -0.650. The van der Waals surface area contributed by atoms with Crippen LogP contribution in [0, 0.1) is 12.3 Å². The highest BCUT2D eigenvalue weighted by molar-refractivity contribution is 14.2. The molecule has 0 radical (unpaired) electrons. The molecule has 6 nitrogen and oxygen atoms in total. The molecule has 166 valence electrons. The van der Waals surface area contributed by atoms with Crippen LogP contribution in [0.4, 0.5) is 0 Å². The number of aryl methyl sites for hydroxylation is 3. The Kier molecular flexibility index (Phi) is 6.32. The lowest BCUT2D eigenvalue weighted by molar-refractivity contribution is -0.143. The van der Waals surface area contributed by atoms with Crippen LogP contribution >= 0.6 is 21.1 Å². The molecule has 1 aliphatic carbocycles. The van der Waals surface area contributed by atoms with E-state index in [2.05, 4.69) is 39.0 Å². The highest BCUT2D eigenvalue weighted by atomic mass is 127. The number of ether oxygens (including phenoxy) is 1. The molecule has 2 heterocycles. The predicted molar refractivity (Wildman–Crippen MR) is 131 cm³/mol. The zero-order valence-electron chi connectivity index (χ0n) is 18.9. The molecule has 31 heavy (non-hydrogen) atoms. The monoisotopic (exact) mass is 535 g/mol. The van der Waals surface area contributed by atoms with Gasteiger partial charge in [0.25, 0.3) is 5.90 Å². The first-order valence-electron chi connectivity index (χ1n) is 10.9. The second kappa shape index (κ2) is 8.84. The largest absolute Gasteiger partial charge is 0.466 e. The van der Waals surface area contributed by atoms with Crippen molar-refractivity contribution in [3.05, 3.63) is 51.8 Å². The molecule has 0 spiro atoms. The molecule has 1 aromatic carbocycles. The average Bonchev–Trinajstić information content (AvgIpc) is 3.32. The van der Waals surface area contributed by atoms with Crippen LogP contribution < -0.4 is 0 Å². The number of nitrogens with zero attached hydrogens (tertiary/aromatic N) is 3. The van der Waals surface area contributed by atoms with E-state index in [0.717, 1.165) is 34.2 Å². The van der Waals surface area contributed by atoms with Crippen LogP contribution in [0.2, 0.25) is 0 Å². The summed E-state index contributed by atoms with van der Waals surface area (Å²) in [6.07, 6.45) is 4.32. The first-order valence-corrected chi connectivity index (χ1v) is 12.8. The molecule has 0 N–H and O–H groups in total. The molecule has 2 aromatic rings. The van der Waals surface area contributed by atoms with Crippen LogP contribution in [0.15, 0.2) is 23.2 Å². The molecule has 7 heteroatoms. The van der Waals surface area contributed by atoms with Crippen molar-refractivity contribution < 1.29 is 12.6 Å². The molecule has 0 unspecified atom stereocenters. The van der Waals surface area contributed by atoms with E-state index in [4.69, 9.17) is 17.9 Å². The molecule has 0 saturated heterocycles. The van der Waals surface area contributed by atoms with Gasteiger partial charge in [-0.15, -0.1) is 0 Å². The third kappa shape index (κ3) is 4.76. The lowest BCUT2D eigenvalue weighted by atomic mass is 9.76. The van der Waals surface area contributed by atoms with Crippen molar-refractivity contribution in [2.75, 3.05) is 6.61 Å². The van der Waals surface area contributed by atoms with Gasteiger partial charge in [0, 0.05) is 30.3 Å². The van der Waals surface area contributed by atoms with Gasteiger partial charge in [0.05, 0.1) is 6.61 Å². The zero-order valence-corrected chi connectivity index (χ0v) is 21.1. The van der Waals surface area contributed by atoms with E-state index in [-0.39, 0.29) is 5.97 Å². The van der Waals surface area contributed by atoms with Crippen molar-refractivity contribution in [3.63, 3.8) is 0 Å². The summed E-state index contributed by atoms with van der Waals surface area (Å²) in [6.45, 7) is 8.99. The number of carbonyl (C=O) groups excluding carboxylic acids is 1. The Morgan fingerprint density at radius 3 is 2.90 bits per heavy atom. The van der Waals surface area contributed by atoms with Crippen molar-refractivity contribution in [1.82, 2.24) is 9.78 Å². The SMILES string of the molecule is CCOC(=O)CCc1ccc(C2=IOC(c3nn(C)c4c3CCC(C)(C)C4)=N2)cc1C. The smallest absolute Gasteiger partial charge is 0.306 e. The number of hydrogen-bond acceptors (Lipinski definition) is 5. The fourth-order valence-corrected chi connectivity index (χ4v) is 5.86. The minimum absolute atomic E-state index is 0.147. The van der Waals surface area contributed by atoms with Crippen LogP contribution in [0.1, 0.15) is 67.3 Å². The second-order valence-electron chi connectivity index (χ2n) is 9.05. The number of aliphatic imine (C=N–C) groups is 1. The van der Waals surface area contributed by atoms with Gasteiger partial charge in [-0.1, -0.05) is 26.0 Å². The number of rotatable bonds is 6. The lowest BCUT2D eigenvalue weighted by Gasteiger charge is -2.29. The van der Waals surface area contributed by atoms with Gasteiger partial charge in [-0.05, 0) is 62.1 Å². The number of carbonyl (C=O) groups is 1. The van der Waals surface area contributed by atoms with Crippen LogP contribution in [-0.2, 0) is 38.9 Å². The van der Waals surface area contributed by atoms with Crippen LogP contribution in [0.5, 0.6) is 0 Å². The van der Waals surface area contributed by atoms with Crippen molar-refractivity contribution in [1.29, 1.82) is 0 Å². The van der Waals surface area contributed by atoms with Crippen molar-refractivity contribution in [2.45, 2.75) is 59.8 Å². The number of halogens is 1. The highest BCUT2D eigenvalue weighted by Crippen LogP contribution is 2.37. The molecule has 0 bridgehead atoms. The quantitative estimate of drug-likeness (QED) is 0.402. The maximum absolute atomic E-state index is 11.7. The molecule has 2 aliphatic rings. The highest BCUT2D eigenvalue weighted by Gasteiger charge is 2.33. The van der Waals surface area contributed by atoms with Gasteiger partial charge in [0.15, 0.2) is 5.69 Å². The maximum Gasteiger partial charge on any atom is 0.306 e. The Hall–Kier alpha value is -2.03. The van der Waals surface area contributed by atoms with Crippen LogP contribution in [-0.4, -0.2) is 31.9 Å². The van der Waals surface area contributed by atoms with Gasteiger partial charge in [-0.2, -0.15) is 5.10 Å². The minimum Gasteiger partial charge on any atom is -0.466 e. The Morgan fingerprint density at radius 1 is 1.35 bits per heavy atom. The van der Waals surface area contributed by atoms with Gasteiger partial charge in [0.2, 0.25) is 0 Å². The van der Waals surface area contributed by atoms with E-state index >= 15 is 0 Å². The van der Waals surface area contributed by atoms with Crippen molar-refractivity contribution in [2.24, 2.45) is 17.5 Å². The van der Waals surface area contributed by atoms with E-state index in [1.54, 1.807) is 0 Å². The number of aromatic nitrogens is 2. The molecular formula is C24H30IN3O3. The fourth-order valence-electron chi connectivity index (χ4n) is 4.23. The number of hydrogen-bond donors (Lipinski definition) is 0. The van der Waals surface area contributed by atoms with Gasteiger partial charge < -0.3 is 7.80 Å². The standard InChI is InChI=1S/C24H30IN3O3/c1-6-30-20(29)10-9-16-7-8-17(13-15(16)2)22-25-31-23(26-22)21-18-11-12-24(3,4)14-19(18)28(5)27-21/h7-8,13H,6,9-12,14H2,1-5H3. The molecular weight excluding hydrogens is 505 g/mol. The fraction of sp³-hybridized carbons (Fsp3) is 0.500. The van der Waals surface area contributed by atoms with Gasteiger partial charge in [-0.3, -0.25) is 9.48 Å². The number of benzene rings is 1. The first-order chi connectivity index (χ1) is 14.8. The summed E-state index contributed by atoms with van der Waals surface area (Å²) in [5, 5.41) is 4.78. The first kappa shape index (κ1) is 22.2. The summed E-state index contributed by atoms with van der Waals surface area (Å²) in [7, 11) is 2.03. The normalized spacial score (nSPS) is 17.2. The average molecular weight is 535 g/mol. The molecule has 1 aromatic heterocycles. The minimum atomic E-state index is -0.650. The van der Waals surface area contributed by atoms with Crippen LogP contribution in [0.25, 0.3) is 0 Å². The van der Waals surface area contributed by atoms with E-state index in [1.165, 1.54) is 22.4 Å². The zero-order chi connectivity index (χ0) is 22.2. The van der Waals surface area contributed by atoms with Gasteiger partial charge >= 0.3 is 5.97 Å². The van der Waals surface area contributed by atoms with Crippen molar-refractivity contribution >= 4 is 36.6 Å². The molecule has 0 atom stereocenters. The predicted octanol–water partition coefficient (Wildman–Crippen LogP) is 4.58. The van der Waals surface area contributed by atoms with Crippen molar-refractivity contribution in [3.8, 4) is 0 Å². The van der Waals surface area contributed by atoms with E-state index in [0.29, 0.717) is 30.8 Å². The summed E-state index contributed by atoms with van der Waals surface area (Å²) in [5.74, 6) is 0.537. The summed E-state index contributed by atoms with van der Waals surface area (Å²) < 4.78 is 14.2. The second-order valence-corrected chi connectivity index (χ2v) is 10.9. The third-order valence-electron chi connectivity index (χ3n) is 6.04. The van der Waals surface area contributed by atoms with E-state index in [1.807, 2.05) is 18.7 Å². The van der Waals surface area contributed by atoms with E-state index < -0.39 is 21.1 Å². The summed E-state index contributed by atoms with van der Waals surface area (Å²) in [6, 6.07) is 6.34. The molecule has 4 rings (SSSR count). The molecule has 1 aliphatic heterocycles. The molecule has 0 saturated carbocycles. The van der Waals surface area contributed by atoms with Crippen LogP contribution in [0.3, 0.4) is 0 Å². The van der Waals surface area contributed by atoms with Gasteiger partial charge in [-0.25, -0.2) is 4.99 Å². The number of esters is 1. The summed E-state index contributed by atoms with van der Waals surface area (Å²) in [4.78, 5) is 16.5. The molecule has 0 fully saturated rings.